The first-order chi connectivity index (χ1) is 7.90. The lowest BCUT2D eigenvalue weighted by Gasteiger charge is -2.33. The van der Waals surface area contributed by atoms with Crippen LogP contribution in [0.15, 0.2) is 0 Å². The third-order valence-corrected chi connectivity index (χ3v) is 4.50. The first-order valence-corrected chi connectivity index (χ1v) is 7.79. The molecular formula is C13H25NO2S. The summed E-state index contributed by atoms with van der Waals surface area (Å²) < 4.78 is 0. The van der Waals surface area contributed by atoms with Gasteiger partial charge in [0.2, 0.25) is 5.91 Å². The molecule has 0 aromatic heterocycles. The van der Waals surface area contributed by atoms with Gasteiger partial charge in [-0.15, -0.1) is 0 Å². The molecule has 1 rings (SSSR count). The Morgan fingerprint density at radius 1 is 1.41 bits per heavy atom. The van der Waals surface area contributed by atoms with Crippen molar-refractivity contribution in [1.82, 2.24) is 5.32 Å². The molecule has 1 unspecified atom stereocenters. The fourth-order valence-corrected chi connectivity index (χ4v) is 3.13. The van der Waals surface area contributed by atoms with E-state index in [1.54, 1.807) is 18.7 Å². The molecule has 3 nitrogen and oxygen atoms in total. The van der Waals surface area contributed by atoms with Crippen molar-refractivity contribution in [2.75, 3.05) is 18.6 Å². The van der Waals surface area contributed by atoms with E-state index < -0.39 is 5.60 Å². The molecule has 1 saturated carbocycles. The maximum absolute atomic E-state index is 12.1. The van der Waals surface area contributed by atoms with E-state index in [0.717, 1.165) is 25.7 Å². The van der Waals surface area contributed by atoms with Crippen LogP contribution in [-0.4, -0.2) is 35.2 Å². The van der Waals surface area contributed by atoms with Gasteiger partial charge >= 0.3 is 0 Å². The van der Waals surface area contributed by atoms with Crippen molar-refractivity contribution in [1.29, 1.82) is 0 Å². The zero-order valence-electron chi connectivity index (χ0n) is 11.2. The number of carbonyl (C=O) groups is 1. The molecule has 100 valence electrons. The van der Waals surface area contributed by atoms with Crippen LogP contribution in [-0.2, 0) is 4.79 Å². The summed E-state index contributed by atoms with van der Waals surface area (Å²) in [5, 5.41) is 12.9. The molecule has 1 aliphatic rings. The molecule has 0 aliphatic heterocycles. The summed E-state index contributed by atoms with van der Waals surface area (Å²) in [5.41, 5.74) is -1.02. The monoisotopic (exact) mass is 259 g/mol. The largest absolute Gasteiger partial charge is 0.387 e. The van der Waals surface area contributed by atoms with Crippen LogP contribution in [0.25, 0.3) is 0 Å². The van der Waals surface area contributed by atoms with Crippen molar-refractivity contribution < 1.29 is 9.90 Å². The zero-order chi connectivity index (χ0) is 12.9. The molecule has 0 aromatic carbocycles. The maximum atomic E-state index is 12.1. The molecule has 0 radical (unpaired) electrons. The molecule has 2 N–H and O–H groups in total. The lowest BCUT2D eigenvalue weighted by Crippen LogP contribution is -2.47. The second-order valence-electron chi connectivity index (χ2n) is 5.73. The Hall–Kier alpha value is -0.220. The van der Waals surface area contributed by atoms with Gasteiger partial charge in [-0.05, 0) is 26.0 Å². The fraction of sp³-hybridized carbons (Fsp3) is 0.923. The second-order valence-corrected chi connectivity index (χ2v) is 6.60. The van der Waals surface area contributed by atoms with Crippen LogP contribution in [0, 0.1) is 5.41 Å². The van der Waals surface area contributed by atoms with Gasteiger partial charge in [-0.3, -0.25) is 4.79 Å². The number of carbonyl (C=O) groups excluding carboxylic acids is 1. The van der Waals surface area contributed by atoms with Gasteiger partial charge in [0.25, 0.3) is 0 Å². The van der Waals surface area contributed by atoms with Gasteiger partial charge in [0.05, 0.1) is 5.60 Å². The van der Waals surface area contributed by atoms with Crippen molar-refractivity contribution in [3.63, 3.8) is 0 Å². The summed E-state index contributed by atoms with van der Waals surface area (Å²) in [6, 6.07) is 0. The summed E-state index contributed by atoms with van der Waals surface area (Å²) in [5.74, 6) is 0.753. The molecule has 1 amide bonds. The van der Waals surface area contributed by atoms with Gasteiger partial charge in [-0.25, -0.2) is 0 Å². The third kappa shape index (κ3) is 4.51. The van der Waals surface area contributed by atoms with Crippen molar-refractivity contribution >= 4 is 17.7 Å². The van der Waals surface area contributed by atoms with Gasteiger partial charge in [-0.1, -0.05) is 26.2 Å². The highest BCUT2D eigenvalue weighted by Gasteiger charge is 2.35. The molecule has 0 spiro atoms. The Bertz CT molecular complexity index is 260. The van der Waals surface area contributed by atoms with Crippen LogP contribution in [0.3, 0.4) is 0 Å². The van der Waals surface area contributed by atoms with E-state index >= 15 is 0 Å². The number of aliphatic hydroxyl groups is 1. The summed E-state index contributed by atoms with van der Waals surface area (Å²) in [6.07, 6.45) is 7.44. The highest BCUT2D eigenvalue weighted by molar-refractivity contribution is 7.98. The predicted octanol–water partition coefficient (Wildman–Crippen LogP) is 2.19. The number of hydrogen-bond acceptors (Lipinski definition) is 3. The van der Waals surface area contributed by atoms with Crippen molar-refractivity contribution in [2.24, 2.45) is 5.41 Å². The number of thioether (sulfide) groups is 1. The number of rotatable bonds is 5. The molecule has 17 heavy (non-hydrogen) atoms. The highest BCUT2D eigenvalue weighted by atomic mass is 32.2. The Labute approximate surface area is 109 Å². The third-order valence-electron chi connectivity index (χ3n) is 3.59. The van der Waals surface area contributed by atoms with Crippen LogP contribution < -0.4 is 5.32 Å². The maximum Gasteiger partial charge on any atom is 0.226 e. The average Bonchev–Trinajstić information content (AvgIpc) is 2.27. The number of nitrogens with one attached hydrogen (secondary N) is 1. The van der Waals surface area contributed by atoms with Gasteiger partial charge in [0, 0.05) is 17.7 Å². The highest BCUT2D eigenvalue weighted by Crippen LogP contribution is 2.35. The first-order valence-electron chi connectivity index (χ1n) is 6.39. The second kappa shape index (κ2) is 6.10. The quantitative estimate of drug-likeness (QED) is 0.795. The molecule has 0 aromatic rings. The topological polar surface area (TPSA) is 49.3 Å². The van der Waals surface area contributed by atoms with Crippen LogP contribution in [0.1, 0.15) is 46.0 Å². The van der Waals surface area contributed by atoms with E-state index in [9.17, 15) is 9.90 Å². The van der Waals surface area contributed by atoms with Gasteiger partial charge in [-0.2, -0.15) is 11.8 Å². The van der Waals surface area contributed by atoms with E-state index in [2.05, 4.69) is 5.32 Å². The first kappa shape index (κ1) is 14.8. The Morgan fingerprint density at radius 2 is 2.00 bits per heavy atom. The Balaban J connectivity index is 2.43. The minimum atomic E-state index is -0.805. The lowest BCUT2D eigenvalue weighted by molar-refractivity contribution is -0.132. The minimum Gasteiger partial charge on any atom is -0.387 e. The number of hydrogen-bond donors (Lipinski definition) is 2. The predicted molar refractivity (Wildman–Crippen MR) is 73.2 cm³/mol. The molecule has 1 fully saturated rings. The van der Waals surface area contributed by atoms with E-state index in [0.29, 0.717) is 12.3 Å². The zero-order valence-corrected chi connectivity index (χ0v) is 12.0. The number of amides is 1. The molecule has 1 atom stereocenters. The molecule has 0 heterocycles. The van der Waals surface area contributed by atoms with Crippen molar-refractivity contribution in [3.8, 4) is 0 Å². The smallest absolute Gasteiger partial charge is 0.226 e. The van der Waals surface area contributed by atoms with Gasteiger partial charge in [0.15, 0.2) is 0 Å². The summed E-state index contributed by atoms with van der Waals surface area (Å²) >= 11 is 1.59. The van der Waals surface area contributed by atoms with Crippen LogP contribution >= 0.6 is 11.8 Å². The van der Waals surface area contributed by atoms with Crippen LogP contribution in [0.5, 0.6) is 0 Å². The van der Waals surface area contributed by atoms with Gasteiger partial charge < -0.3 is 10.4 Å². The summed E-state index contributed by atoms with van der Waals surface area (Å²) in [4.78, 5) is 12.1. The Kier molecular flexibility index (Phi) is 5.32. The van der Waals surface area contributed by atoms with E-state index in [4.69, 9.17) is 0 Å². The fourth-order valence-electron chi connectivity index (χ4n) is 2.41. The van der Waals surface area contributed by atoms with Crippen molar-refractivity contribution in [3.05, 3.63) is 0 Å². The normalized spacial score (nSPS) is 22.8. The molecule has 4 heteroatoms. The average molecular weight is 259 g/mol. The molecule has 0 saturated heterocycles. The summed E-state index contributed by atoms with van der Waals surface area (Å²) in [6.45, 7) is 4.17. The SMILES string of the molecule is CSCC(C)(O)CNC(=O)C1(C)CCCCC1. The minimum absolute atomic E-state index is 0.110. The van der Waals surface area contributed by atoms with Crippen LogP contribution in [0.4, 0.5) is 0 Å². The molecular weight excluding hydrogens is 234 g/mol. The lowest BCUT2D eigenvalue weighted by atomic mass is 9.75. The Morgan fingerprint density at radius 3 is 2.53 bits per heavy atom. The standard InChI is InChI=1S/C13H25NO2S/c1-12(7-5-4-6-8-12)11(15)14-9-13(2,16)10-17-3/h16H,4-10H2,1-3H3,(H,14,15). The van der Waals surface area contributed by atoms with Crippen molar-refractivity contribution in [2.45, 2.75) is 51.6 Å². The van der Waals surface area contributed by atoms with E-state index in [-0.39, 0.29) is 11.3 Å². The van der Waals surface area contributed by atoms with Crippen LogP contribution in [0.2, 0.25) is 0 Å². The molecule has 1 aliphatic carbocycles. The van der Waals surface area contributed by atoms with E-state index in [1.807, 2.05) is 13.2 Å². The molecule has 0 bridgehead atoms. The van der Waals surface area contributed by atoms with Gasteiger partial charge in [0.1, 0.15) is 0 Å². The van der Waals surface area contributed by atoms with E-state index in [1.165, 1.54) is 6.42 Å². The summed E-state index contributed by atoms with van der Waals surface area (Å²) in [7, 11) is 0.